The van der Waals surface area contributed by atoms with Crippen LogP contribution < -0.4 is 5.73 Å². The molecule has 1 heterocycles. The van der Waals surface area contributed by atoms with E-state index in [1.54, 1.807) is 6.26 Å². The molecule has 1 unspecified atom stereocenters. The summed E-state index contributed by atoms with van der Waals surface area (Å²) in [6.07, 6.45) is 1.71. The van der Waals surface area contributed by atoms with Crippen molar-refractivity contribution in [1.82, 2.24) is 0 Å². The Morgan fingerprint density at radius 1 is 1.50 bits per heavy atom. The smallest absolute Gasteiger partial charge is 0.137 e. The molecule has 0 amide bonds. The fraction of sp³-hybridized carbons (Fsp3) is 0.273. The highest BCUT2D eigenvalue weighted by Gasteiger charge is 2.11. The zero-order chi connectivity index (χ0) is 10.1. The molecule has 2 aromatic rings. The molecule has 2 nitrogen and oxygen atoms in total. The number of furan rings is 1. The van der Waals surface area contributed by atoms with Gasteiger partial charge in [0.25, 0.3) is 0 Å². The highest BCUT2D eigenvalue weighted by Crippen LogP contribution is 2.29. The van der Waals surface area contributed by atoms with Gasteiger partial charge in [0.1, 0.15) is 5.58 Å². The average molecular weight is 254 g/mol. The van der Waals surface area contributed by atoms with Crippen LogP contribution in [0.1, 0.15) is 18.4 Å². The molecule has 0 saturated heterocycles. The quantitative estimate of drug-likeness (QED) is 0.893. The second kappa shape index (κ2) is 3.75. The van der Waals surface area contributed by atoms with E-state index >= 15 is 0 Å². The van der Waals surface area contributed by atoms with Crippen LogP contribution in [0.15, 0.2) is 33.4 Å². The third-order valence-electron chi connectivity index (χ3n) is 2.43. The molecule has 0 aliphatic rings. The Balaban J connectivity index is 2.66. The van der Waals surface area contributed by atoms with Crippen molar-refractivity contribution in [3.63, 3.8) is 0 Å². The Bertz CT molecular complexity index is 449. The first-order chi connectivity index (χ1) is 6.72. The van der Waals surface area contributed by atoms with E-state index in [1.165, 1.54) is 5.56 Å². The second-order valence-electron chi connectivity index (χ2n) is 3.47. The first-order valence-electron chi connectivity index (χ1n) is 4.59. The van der Waals surface area contributed by atoms with Gasteiger partial charge in [-0.2, -0.15) is 0 Å². The molecule has 1 atom stereocenters. The van der Waals surface area contributed by atoms with Crippen molar-refractivity contribution in [2.75, 3.05) is 6.54 Å². The summed E-state index contributed by atoms with van der Waals surface area (Å²) in [7, 11) is 0. The molecule has 3 heteroatoms. The van der Waals surface area contributed by atoms with Gasteiger partial charge in [-0.3, -0.25) is 0 Å². The Labute approximate surface area is 91.2 Å². The summed E-state index contributed by atoms with van der Waals surface area (Å²) in [5, 5.41) is 1.12. The minimum Gasteiger partial charge on any atom is -0.464 e. The lowest BCUT2D eigenvalue weighted by atomic mass is 10.00. The summed E-state index contributed by atoms with van der Waals surface area (Å²) >= 11 is 3.48. The van der Waals surface area contributed by atoms with Crippen molar-refractivity contribution < 1.29 is 4.42 Å². The number of rotatable bonds is 2. The molecule has 0 aliphatic carbocycles. The molecule has 0 aliphatic heterocycles. The minimum atomic E-state index is 0.321. The molecule has 0 bridgehead atoms. The van der Waals surface area contributed by atoms with E-state index < -0.39 is 0 Å². The predicted octanol–water partition coefficient (Wildman–Crippen LogP) is 3.26. The van der Waals surface area contributed by atoms with Crippen LogP contribution in [-0.4, -0.2) is 6.54 Å². The third kappa shape index (κ3) is 1.57. The Kier molecular flexibility index (Phi) is 2.61. The topological polar surface area (TPSA) is 39.2 Å². The molecule has 2 N–H and O–H groups in total. The highest BCUT2D eigenvalue weighted by molar-refractivity contribution is 9.10. The van der Waals surface area contributed by atoms with Crippen molar-refractivity contribution in [2.45, 2.75) is 12.8 Å². The van der Waals surface area contributed by atoms with Gasteiger partial charge < -0.3 is 10.2 Å². The normalized spacial score (nSPS) is 13.4. The summed E-state index contributed by atoms with van der Waals surface area (Å²) in [6, 6.07) is 6.09. The number of halogens is 1. The zero-order valence-electron chi connectivity index (χ0n) is 7.96. The maximum atomic E-state index is 5.66. The molecule has 2 rings (SSSR count). The van der Waals surface area contributed by atoms with Crippen LogP contribution in [0.25, 0.3) is 11.0 Å². The van der Waals surface area contributed by atoms with Gasteiger partial charge in [-0.1, -0.05) is 22.9 Å². The molecule has 0 saturated carbocycles. The van der Waals surface area contributed by atoms with Gasteiger partial charge in [0.05, 0.1) is 6.26 Å². The van der Waals surface area contributed by atoms with Crippen LogP contribution in [0.2, 0.25) is 0 Å². The van der Waals surface area contributed by atoms with Crippen molar-refractivity contribution in [3.8, 4) is 0 Å². The monoisotopic (exact) mass is 253 g/mol. The SMILES string of the molecule is CC(CN)c1cc(Br)cc2ccoc12. The fourth-order valence-corrected chi connectivity index (χ4v) is 2.06. The van der Waals surface area contributed by atoms with Crippen molar-refractivity contribution in [3.05, 3.63) is 34.5 Å². The molecule has 0 fully saturated rings. The number of hydrogen-bond donors (Lipinski definition) is 1. The van der Waals surface area contributed by atoms with Crippen LogP contribution in [0.4, 0.5) is 0 Å². The van der Waals surface area contributed by atoms with Crippen molar-refractivity contribution in [1.29, 1.82) is 0 Å². The predicted molar refractivity (Wildman–Crippen MR) is 61.4 cm³/mol. The van der Waals surface area contributed by atoms with Crippen LogP contribution in [0.3, 0.4) is 0 Å². The number of benzene rings is 1. The van der Waals surface area contributed by atoms with Crippen LogP contribution in [0.5, 0.6) is 0 Å². The standard InChI is InChI=1S/C11H12BrNO/c1-7(6-13)10-5-9(12)4-8-2-3-14-11(8)10/h2-5,7H,6,13H2,1H3. The molecule has 0 radical (unpaired) electrons. The molecule has 0 spiro atoms. The molecular formula is C11H12BrNO. The molecule has 74 valence electrons. The molecule has 1 aromatic heterocycles. The maximum absolute atomic E-state index is 5.66. The van der Waals surface area contributed by atoms with Gasteiger partial charge in [-0.25, -0.2) is 0 Å². The highest BCUT2D eigenvalue weighted by atomic mass is 79.9. The third-order valence-corrected chi connectivity index (χ3v) is 2.89. The maximum Gasteiger partial charge on any atom is 0.137 e. The molecule has 1 aromatic carbocycles. The van der Waals surface area contributed by atoms with E-state index in [0.717, 1.165) is 15.4 Å². The fourth-order valence-electron chi connectivity index (χ4n) is 1.56. The van der Waals surface area contributed by atoms with Crippen molar-refractivity contribution in [2.24, 2.45) is 5.73 Å². The summed E-state index contributed by atoms with van der Waals surface area (Å²) in [5.41, 5.74) is 7.78. The van der Waals surface area contributed by atoms with Crippen LogP contribution in [-0.2, 0) is 0 Å². The minimum absolute atomic E-state index is 0.321. The van der Waals surface area contributed by atoms with Gasteiger partial charge >= 0.3 is 0 Å². The summed E-state index contributed by atoms with van der Waals surface area (Å²) in [4.78, 5) is 0. The van der Waals surface area contributed by atoms with Gasteiger partial charge in [-0.05, 0) is 30.7 Å². The van der Waals surface area contributed by atoms with Gasteiger partial charge in [0.15, 0.2) is 0 Å². The first kappa shape index (κ1) is 9.74. The lowest BCUT2D eigenvalue weighted by Crippen LogP contribution is -2.09. The second-order valence-corrected chi connectivity index (χ2v) is 4.39. The first-order valence-corrected chi connectivity index (χ1v) is 5.38. The Morgan fingerprint density at radius 3 is 3.00 bits per heavy atom. The van der Waals surface area contributed by atoms with E-state index in [4.69, 9.17) is 10.2 Å². The number of hydrogen-bond acceptors (Lipinski definition) is 2. The van der Waals surface area contributed by atoms with Gasteiger partial charge in [-0.15, -0.1) is 0 Å². The Morgan fingerprint density at radius 2 is 2.29 bits per heavy atom. The average Bonchev–Trinajstić information content (AvgIpc) is 2.62. The van der Waals surface area contributed by atoms with Crippen LogP contribution >= 0.6 is 15.9 Å². The Hall–Kier alpha value is -0.800. The number of fused-ring (bicyclic) bond motifs is 1. The molecular weight excluding hydrogens is 242 g/mol. The molecule has 14 heavy (non-hydrogen) atoms. The summed E-state index contributed by atoms with van der Waals surface area (Å²) in [6.45, 7) is 2.73. The van der Waals surface area contributed by atoms with E-state index in [0.29, 0.717) is 12.5 Å². The van der Waals surface area contributed by atoms with Gasteiger partial charge in [0.2, 0.25) is 0 Å². The lowest BCUT2D eigenvalue weighted by Gasteiger charge is -2.09. The van der Waals surface area contributed by atoms with E-state index in [-0.39, 0.29) is 0 Å². The van der Waals surface area contributed by atoms with E-state index in [9.17, 15) is 0 Å². The lowest BCUT2D eigenvalue weighted by molar-refractivity contribution is 0.604. The van der Waals surface area contributed by atoms with Crippen molar-refractivity contribution >= 4 is 26.9 Å². The van der Waals surface area contributed by atoms with Crippen LogP contribution in [0, 0.1) is 0 Å². The van der Waals surface area contributed by atoms with E-state index in [1.807, 2.05) is 12.1 Å². The summed E-state index contributed by atoms with van der Waals surface area (Å²) < 4.78 is 6.52. The largest absolute Gasteiger partial charge is 0.464 e. The van der Waals surface area contributed by atoms with E-state index in [2.05, 4.69) is 28.9 Å². The van der Waals surface area contributed by atoms with Gasteiger partial charge in [0, 0.05) is 15.4 Å². The number of nitrogens with two attached hydrogens (primary N) is 1. The zero-order valence-corrected chi connectivity index (χ0v) is 9.54. The summed E-state index contributed by atoms with van der Waals surface area (Å²) in [5.74, 6) is 0.321.